The van der Waals surface area contributed by atoms with Gasteiger partial charge in [0.1, 0.15) is 11.5 Å². The first-order valence-corrected chi connectivity index (χ1v) is 11.8. The van der Waals surface area contributed by atoms with Crippen molar-refractivity contribution in [3.05, 3.63) is 64.1 Å². The Balaban J connectivity index is 1.87. The van der Waals surface area contributed by atoms with E-state index in [1.165, 1.54) is 25.3 Å². The van der Waals surface area contributed by atoms with Gasteiger partial charge in [0.05, 0.1) is 31.1 Å². The van der Waals surface area contributed by atoms with E-state index in [9.17, 15) is 22.0 Å². The van der Waals surface area contributed by atoms with E-state index in [2.05, 4.69) is 9.46 Å². The molecule has 0 fully saturated rings. The highest BCUT2D eigenvalue weighted by atomic mass is 32.2. The number of hydrogen-bond donors (Lipinski definition) is 1. The molecule has 7 nitrogen and oxygen atoms in total. The molecule has 0 heterocycles. The van der Waals surface area contributed by atoms with Crippen molar-refractivity contribution in [2.75, 3.05) is 13.7 Å². The average Bonchev–Trinajstić information content (AvgIpc) is 2.78. The van der Waals surface area contributed by atoms with Crippen LogP contribution >= 0.6 is 0 Å². The van der Waals surface area contributed by atoms with Crippen molar-refractivity contribution >= 4 is 22.1 Å². The normalized spacial score (nSPS) is 14.3. The molecule has 0 amide bonds. The Hall–Kier alpha value is -2.98. The van der Waals surface area contributed by atoms with Crippen LogP contribution in [0.5, 0.6) is 11.5 Å². The van der Waals surface area contributed by atoms with Crippen LogP contribution in [0.3, 0.4) is 0 Å². The van der Waals surface area contributed by atoms with E-state index in [1.807, 2.05) is 0 Å². The number of aryl methyl sites for hydroxylation is 1. The number of halogens is 2. The Morgan fingerprint density at radius 3 is 2.61 bits per heavy atom. The lowest BCUT2D eigenvalue weighted by Gasteiger charge is -2.22. The number of methoxy groups -OCH3 is 1. The van der Waals surface area contributed by atoms with E-state index >= 15 is 0 Å². The fraction of sp³-hybridized carbons (Fsp3) is 0.348. The number of nitrogens with one attached hydrogen (secondary N) is 1. The van der Waals surface area contributed by atoms with Crippen molar-refractivity contribution < 1.29 is 36.2 Å². The molecule has 10 heteroatoms. The molecule has 1 atom stereocenters. The van der Waals surface area contributed by atoms with Crippen molar-refractivity contribution in [2.45, 2.75) is 38.8 Å². The summed E-state index contributed by atoms with van der Waals surface area (Å²) >= 11 is 0. The van der Waals surface area contributed by atoms with Crippen molar-refractivity contribution in [1.29, 1.82) is 0 Å². The van der Waals surface area contributed by atoms with Crippen LogP contribution in [0.1, 0.15) is 42.5 Å². The minimum atomic E-state index is -3.97. The third-order valence-corrected chi connectivity index (χ3v) is 6.72. The van der Waals surface area contributed by atoms with Crippen molar-refractivity contribution in [2.24, 2.45) is 0 Å². The first-order valence-electron chi connectivity index (χ1n) is 10.3. The number of hydrogen-bond acceptors (Lipinski definition) is 6. The minimum absolute atomic E-state index is 0.0223. The molecule has 0 radical (unpaired) electrons. The van der Waals surface area contributed by atoms with Crippen molar-refractivity contribution in [1.82, 2.24) is 4.72 Å². The molecule has 0 saturated heterocycles. The number of carbonyl (C=O) groups is 1. The summed E-state index contributed by atoms with van der Waals surface area (Å²) in [4.78, 5) is 12.3. The SMILES string of the molecule is CCOC(=O)CC(NS(=O)(=O)C1=Cc2ccc(OC(F)F)cc2CC1)c1cccc(OC)c1. The van der Waals surface area contributed by atoms with Gasteiger partial charge in [-0.15, -0.1) is 0 Å². The topological polar surface area (TPSA) is 90.9 Å². The van der Waals surface area contributed by atoms with Crippen LogP contribution < -0.4 is 14.2 Å². The molecule has 0 saturated carbocycles. The first-order chi connectivity index (χ1) is 15.7. The summed E-state index contributed by atoms with van der Waals surface area (Å²) in [5.74, 6) is 0.00448. The van der Waals surface area contributed by atoms with Crippen LogP contribution in [0.15, 0.2) is 47.4 Å². The largest absolute Gasteiger partial charge is 0.497 e. The quantitative estimate of drug-likeness (QED) is 0.512. The van der Waals surface area contributed by atoms with Gasteiger partial charge in [-0.1, -0.05) is 18.2 Å². The number of sulfonamides is 1. The van der Waals surface area contributed by atoms with Crippen LogP contribution in [0.4, 0.5) is 8.78 Å². The fourth-order valence-corrected chi connectivity index (χ4v) is 4.96. The highest BCUT2D eigenvalue weighted by Crippen LogP contribution is 2.31. The number of alkyl halides is 2. The summed E-state index contributed by atoms with van der Waals surface area (Å²) in [6.07, 6.45) is 1.81. The highest BCUT2D eigenvalue weighted by molar-refractivity contribution is 7.93. The molecule has 33 heavy (non-hydrogen) atoms. The lowest BCUT2D eigenvalue weighted by atomic mass is 9.97. The highest BCUT2D eigenvalue weighted by Gasteiger charge is 2.28. The van der Waals surface area contributed by atoms with Gasteiger partial charge in [-0.3, -0.25) is 4.79 Å². The maximum absolute atomic E-state index is 13.2. The van der Waals surface area contributed by atoms with E-state index in [1.54, 1.807) is 37.3 Å². The number of rotatable bonds is 10. The Kier molecular flexibility index (Phi) is 8.04. The minimum Gasteiger partial charge on any atom is -0.497 e. The zero-order valence-electron chi connectivity index (χ0n) is 18.2. The number of allylic oxidation sites excluding steroid dienone is 1. The number of esters is 1. The van der Waals surface area contributed by atoms with E-state index < -0.39 is 28.6 Å². The third kappa shape index (κ3) is 6.52. The summed E-state index contributed by atoms with van der Waals surface area (Å²) in [6, 6.07) is 10.3. The molecule has 178 valence electrons. The van der Waals surface area contributed by atoms with Gasteiger partial charge in [0, 0.05) is 0 Å². The Morgan fingerprint density at radius 2 is 1.91 bits per heavy atom. The molecule has 1 aliphatic carbocycles. The molecule has 0 aliphatic heterocycles. The predicted molar refractivity (Wildman–Crippen MR) is 118 cm³/mol. The van der Waals surface area contributed by atoms with Gasteiger partial charge in [0.15, 0.2) is 0 Å². The number of carbonyl (C=O) groups excluding carboxylic acids is 1. The van der Waals surface area contributed by atoms with E-state index in [4.69, 9.17) is 9.47 Å². The summed E-state index contributed by atoms with van der Waals surface area (Å²) in [5, 5.41) is 0. The number of benzene rings is 2. The van der Waals surface area contributed by atoms with E-state index in [-0.39, 0.29) is 30.1 Å². The summed E-state index contributed by atoms with van der Waals surface area (Å²) in [5.41, 5.74) is 1.87. The molecule has 0 aromatic heterocycles. The summed E-state index contributed by atoms with van der Waals surface area (Å²) in [7, 11) is -2.48. The maximum Gasteiger partial charge on any atom is 0.387 e. The van der Waals surface area contributed by atoms with E-state index in [0.717, 1.165) is 0 Å². The molecule has 0 spiro atoms. The zero-order chi connectivity index (χ0) is 24.0. The predicted octanol–water partition coefficient (Wildman–Crippen LogP) is 4.20. The maximum atomic E-state index is 13.2. The van der Waals surface area contributed by atoms with Crippen LogP contribution in [-0.2, 0) is 26.0 Å². The van der Waals surface area contributed by atoms with Gasteiger partial charge >= 0.3 is 12.6 Å². The molecule has 1 N–H and O–H groups in total. The molecule has 1 aliphatic rings. The Morgan fingerprint density at radius 1 is 1.12 bits per heavy atom. The zero-order valence-corrected chi connectivity index (χ0v) is 19.0. The van der Waals surface area contributed by atoms with Gasteiger partial charge in [-0.25, -0.2) is 13.1 Å². The van der Waals surface area contributed by atoms with Gasteiger partial charge < -0.3 is 14.2 Å². The van der Waals surface area contributed by atoms with E-state index in [0.29, 0.717) is 28.9 Å². The summed E-state index contributed by atoms with van der Waals surface area (Å²) < 4.78 is 68.6. The van der Waals surface area contributed by atoms with Crippen molar-refractivity contribution in [3.8, 4) is 11.5 Å². The van der Waals surface area contributed by atoms with Crippen LogP contribution in [0, 0.1) is 0 Å². The van der Waals surface area contributed by atoms with Gasteiger partial charge in [-0.2, -0.15) is 8.78 Å². The lowest BCUT2D eigenvalue weighted by Crippen LogP contribution is -2.32. The summed E-state index contributed by atoms with van der Waals surface area (Å²) in [6.45, 7) is -1.09. The van der Waals surface area contributed by atoms with Crippen LogP contribution in [0.2, 0.25) is 0 Å². The molecular formula is C23H25F2NO6S. The monoisotopic (exact) mass is 481 g/mol. The average molecular weight is 482 g/mol. The van der Waals surface area contributed by atoms with Crippen molar-refractivity contribution in [3.63, 3.8) is 0 Å². The fourth-order valence-electron chi connectivity index (χ4n) is 3.57. The molecular weight excluding hydrogens is 456 g/mol. The Labute approximate surface area is 191 Å². The second-order valence-corrected chi connectivity index (χ2v) is 9.08. The number of ether oxygens (including phenoxy) is 3. The molecule has 0 bridgehead atoms. The van der Waals surface area contributed by atoms with Crippen LogP contribution in [0.25, 0.3) is 6.08 Å². The standard InChI is InChI=1S/C23H25F2NO6S/c1-3-31-22(27)14-21(17-5-4-6-18(12-17)30-2)26-33(28,29)20-10-8-15-11-19(32-23(24)25)9-7-16(15)13-20/h4-7,9,11-13,21,23,26H,3,8,10,14H2,1-2H3. The second-order valence-electron chi connectivity index (χ2n) is 7.31. The van der Waals surface area contributed by atoms with Crippen LogP contribution in [-0.4, -0.2) is 34.7 Å². The molecule has 1 unspecified atom stereocenters. The lowest BCUT2D eigenvalue weighted by molar-refractivity contribution is -0.143. The molecule has 2 aromatic rings. The van der Waals surface area contributed by atoms with Gasteiger partial charge in [-0.05, 0) is 66.8 Å². The molecule has 3 rings (SSSR count). The van der Waals surface area contributed by atoms with Gasteiger partial charge in [0.25, 0.3) is 0 Å². The third-order valence-electron chi connectivity index (χ3n) is 5.11. The second kappa shape index (κ2) is 10.8. The smallest absolute Gasteiger partial charge is 0.387 e. The molecule has 2 aromatic carbocycles. The Bertz CT molecular complexity index is 1130. The first kappa shape index (κ1) is 24.7. The number of fused-ring (bicyclic) bond motifs is 1. The van der Waals surface area contributed by atoms with Gasteiger partial charge in [0.2, 0.25) is 10.0 Å².